The molecule has 5 rings (SSSR count). The Morgan fingerprint density at radius 2 is 1.56 bits per heavy atom. The molecule has 4 aromatic carbocycles. The van der Waals surface area contributed by atoms with Gasteiger partial charge in [0.1, 0.15) is 16.4 Å². The van der Waals surface area contributed by atoms with E-state index >= 15 is 4.79 Å². The van der Waals surface area contributed by atoms with Crippen LogP contribution in [0.1, 0.15) is 23.6 Å². The minimum atomic E-state index is -5.30. The van der Waals surface area contributed by atoms with Crippen molar-refractivity contribution in [2.45, 2.75) is 36.3 Å². The molecule has 0 aliphatic carbocycles. The first-order valence-corrected chi connectivity index (χ1v) is 16.9. The molecule has 50 heavy (non-hydrogen) atoms. The number of carbonyl (C=O) groups is 2. The van der Waals surface area contributed by atoms with Gasteiger partial charge in [0, 0.05) is 42.9 Å². The number of hydrogen-bond acceptors (Lipinski definition) is 8. The maximum Gasteiger partial charge on any atom is 0.573 e. The van der Waals surface area contributed by atoms with Gasteiger partial charge in [-0.05, 0) is 48.9 Å². The topological polar surface area (TPSA) is 106 Å². The van der Waals surface area contributed by atoms with Crippen molar-refractivity contribution in [2.75, 3.05) is 32.6 Å². The first-order valence-electron chi connectivity index (χ1n) is 15.1. The van der Waals surface area contributed by atoms with Crippen LogP contribution < -0.4 is 18.5 Å². The number of carbonyl (C=O) groups excluding carboxylic acids is 2. The zero-order valence-electron chi connectivity index (χ0n) is 27.6. The summed E-state index contributed by atoms with van der Waals surface area (Å²) >= 11 is 6.56. The number of amides is 2. The quantitative estimate of drug-likeness (QED) is 0.179. The maximum absolute atomic E-state index is 15.5. The van der Waals surface area contributed by atoms with Crippen LogP contribution in [0.4, 0.5) is 18.9 Å². The molecule has 1 heterocycles. The van der Waals surface area contributed by atoms with Crippen LogP contribution in [0.2, 0.25) is 5.02 Å². The van der Waals surface area contributed by atoms with Crippen molar-refractivity contribution in [1.82, 2.24) is 9.80 Å². The van der Waals surface area contributed by atoms with Gasteiger partial charge in [-0.25, -0.2) is 12.7 Å². The Bertz CT molecular complexity index is 2030. The van der Waals surface area contributed by atoms with E-state index in [9.17, 15) is 26.4 Å². The van der Waals surface area contributed by atoms with Crippen molar-refractivity contribution in [3.8, 4) is 17.2 Å². The number of methoxy groups -OCH3 is 2. The fourth-order valence-electron chi connectivity index (χ4n) is 6.19. The van der Waals surface area contributed by atoms with E-state index in [4.69, 9.17) is 21.1 Å². The average Bonchev–Trinajstić information content (AvgIpc) is 3.33. The molecule has 0 saturated heterocycles. The van der Waals surface area contributed by atoms with Crippen molar-refractivity contribution in [3.05, 3.63) is 113 Å². The lowest BCUT2D eigenvalue weighted by molar-refractivity contribution is -0.275. The fraction of sp³-hybridized carbons (Fsp3) is 0.257. The standard InChI is InChI=1S/C35H33ClF3N3O7S/c1-22(32(43)40(2)3)41(21-23-11-7-6-8-12-23)34(26-13-9-10-14-29(26)48-5)27-19-24(36)15-17-28(27)42(33(34)44)50(45,46)31-18-16-25(47-4)20-30(31)49-35(37,38)39/h6-20,22H,21H2,1-5H3/t22-,34?/m0/s1. The van der Waals surface area contributed by atoms with Gasteiger partial charge in [0.2, 0.25) is 5.91 Å². The highest BCUT2D eigenvalue weighted by Gasteiger charge is 2.62. The second kappa shape index (κ2) is 13.8. The molecule has 0 fully saturated rings. The van der Waals surface area contributed by atoms with Crippen LogP contribution in [0, 0.1) is 0 Å². The number of fused-ring (bicyclic) bond motifs is 1. The van der Waals surface area contributed by atoms with E-state index in [1.807, 2.05) is 0 Å². The highest BCUT2D eigenvalue weighted by atomic mass is 35.5. The lowest BCUT2D eigenvalue weighted by Gasteiger charge is -2.44. The molecule has 15 heteroatoms. The Kier molecular flexibility index (Phi) is 10.1. The highest BCUT2D eigenvalue weighted by molar-refractivity contribution is 7.93. The molecule has 1 aliphatic rings. The van der Waals surface area contributed by atoms with Gasteiger partial charge >= 0.3 is 6.36 Å². The smallest absolute Gasteiger partial charge is 0.497 e. The molecule has 1 aliphatic heterocycles. The van der Waals surface area contributed by atoms with Crippen LogP contribution in [0.5, 0.6) is 17.2 Å². The van der Waals surface area contributed by atoms with Gasteiger partial charge in [0.25, 0.3) is 15.9 Å². The van der Waals surface area contributed by atoms with Gasteiger partial charge in [0.15, 0.2) is 11.3 Å². The zero-order chi connectivity index (χ0) is 36.6. The molecule has 2 atom stereocenters. The van der Waals surface area contributed by atoms with Gasteiger partial charge < -0.3 is 19.1 Å². The second-order valence-electron chi connectivity index (χ2n) is 11.5. The number of ether oxygens (including phenoxy) is 3. The van der Waals surface area contributed by atoms with E-state index in [-0.39, 0.29) is 39.9 Å². The Morgan fingerprint density at radius 3 is 2.18 bits per heavy atom. The number of alkyl halides is 3. The molecule has 0 bridgehead atoms. The van der Waals surface area contributed by atoms with E-state index in [2.05, 4.69) is 4.74 Å². The van der Waals surface area contributed by atoms with Crippen LogP contribution in [-0.4, -0.2) is 70.8 Å². The molecule has 1 unspecified atom stereocenters. The third-order valence-corrected chi connectivity index (χ3v) is 10.3. The summed E-state index contributed by atoms with van der Waals surface area (Å²) in [5.41, 5.74) is -1.50. The van der Waals surface area contributed by atoms with Crippen molar-refractivity contribution in [3.63, 3.8) is 0 Å². The average molecular weight is 732 g/mol. The molecule has 0 N–H and O–H groups in total. The molecule has 0 spiro atoms. The van der Waals surface area contributed by atoms with Gasteiger partial charge in [-0.3, -0.25) is 14.5 Å². The summed E-state index contributed by atoms with van der Waals surface area (Å²) in [6.45, 7) is 1.51. The molecule has 0 aromatic heterocycles. The molecular formula is C35H33ClF3N3O7S. The molecule has 0 saturated carbocycles. The molecule has 2 amide bonds. The Labute approximate surface area is 292 Å². The summed E-state index contributed by atoms with van der Waals surface area (Å²) in [5, 5.41) is 0.117. The Balaban J connectivity index is 1.90. The highest BCUT2D eigenvalue weighted by Crippen LogP contribution is 2.54. The van der Waals surface area contributed by atoms with Crippen LogP contribution in [0.15, 0.2) is 95.9 Å². The number of para-hydroxylation sites is 1. The van der Waals surface area contributed by atoms with Crippen LogP contribution in [0.3, 0.4) is 0 Å². The van der Waals surface area contributed by atoms with E-state index < -0.39 is 50.4 Å². The summed E-state index contributed by atoms with van der Waals surface area (Å²) in [6.07, 6.45) is -5.30. The van der Waals surface area contributed by atoms with E-state index in [1.54, 1.807) is 80.5 Å². The largest absolute Gasteiger partial charge is 0.573 e. The van der Waals surface area contributed by atoms with Gasteiger partial charge in [-0.15, -0.1) is 13.2 Å². The third-order valence-electron chi connectivity index (χ3n) is 8.34. The summed E-state index contributed by atoms with van der Waals surface area (Å²) in [5.74, 6) is -2.63. The van der Waals surface area contributed by atoms with Crippen LogP contribution in [0.25, 0.3) is 0 Å². The predicted octanol–water partition coefficient (Wildman–Crippen LogP) is 6.21. The van der Waals surface area contributed by atoms with Gasteiger partial charge in [0.05, 0.1) is 25.9 Å². The monoisotopic (exact) mass is 731 g/mol. The number of anilines is 1. The summed E-state index contributed by atoms with van der Waals surface area (Å²) in [4.78, 5) is 31.3. The number of sulfonamides is 1. The van der Waals surface area contributed by atoms with Crippen molar-refractivity contribution < 1.29 is 45.4 Å². The fourth-order valence-corrected chi connectivity index (χ4v) is 7.92. The van der Waals surface area contributed by atoms with Gasteiger partial charge in [-0.1, -0.05) is 60.1 Å². The van der Waals surface area contributed by atoms with Crippen molar-refractivity contribution >= 4 is 39.1 Å². The number of nitrogens with zero attached hydrogens (tertiary/aromatic N) is 3. The van der Waals surface area contributed by atoms with E-state index in [1.165, 1.54) is 37.3 Å². The number of benzene rings is 4. The zero-order valence-corrected chi connectivity index (χ0v) is 29.1. The van der Waals surface area contributed by atoms with Gasteiger partial charge in [-0.2, -0.15) is 0 Å². The normalized spacial score (nSPS) is 16.6. The van der Waals surface area contributed by atoms with E-state index in [0.29, 0.717) is 9.87 Å². The number of hydrogen-bond donors (Lipinski definition) is 0. The number of halogens is 4. The molecule has 4 aromatic rings. The number of rotatable bonds is 11. The minimum absolute atomic E-state index is 0.0456. The number of likely N-dealkylation sites (N-methyl/N-ethyl adjacent to an activating group) is 1. The molecular weight excluding hydrogens is 699 g/mol. The molecule has 0 radical (unpaired) electrons. The lowest BCUT2D eigenvalue weighted by Crippen LogP contribution is -2.60. The summed E-state index contributed by atoms with van der Waals surface area (Å²) < 4.78 is 85.7. The SMILES string of the molecule is COc1ccc(S(=O)(=O)N2C(=O)C(c3ccccc3OC)(N(Cc3ccccc3)[C@@H](C)C(=O)N(C)C)c3cc(Cl)ccc32)c(OC(F)(F)F)c1. The Morgan fingerprint density at radius 1 is 0.900 bits per heavy atom. The van der Waals surface area contributed by atoms with E-state index in [0.717, 1.165) is 18.2 Å². The first-order chi connectivity index (χ1) is 23.6. The van der Waals surface area contributed by atoms with Crippen molar-refractivity contribution in [1.29, 1.82) is 0 Å². The van der Waals surface area contributed by atoms with Crippen LogP contribution >= 0.6 is 11.6 Å². The third kappa shape index (κ3) is 6.45. The summed E-state index contributed by atoms with van der Waals surface area (Å²) in [6, 6.07) is 21.0. The minimum Gasteiger partial charge on any atom is -0.497 e. The predicted molar refractivity (Wildman–Crippen MR) is 180 cm³/mol. The molecule has 264 valence electrons. The Hall–Kier alpha value is -4.79. The summed E-state index contributed by atoms with van der Waals surface area (Å²) in [7, 11) is 0.423. The lowest BCUT2D eigenvalue weighted by atomic mass is 9.80. The second-order valence-corrected chi connectivity index (χ2v) is 13.7. The van der Waals surface area contributed by atoms with Crippen molar-refractivity contribution in [2.24, 2.45) is 0 Å². The van der Waals surface area contributed by atoms with Crippen LogP contribution in [-0.2, 0) is 31.7 Å². The molecule has 10 nitrogen and oxygen atoms in total. The maximum atomic E-state index is 15.5. The first kappa shape index (κ1) is 36.5.